The van der Waals surface area contributed by atoms with E-state index in [2.05, 4.69) is 20.0 Å². The van der Waals surface area contributed by atoms with Crippen LogP contribution in [0.15, 0.2) is 30.5 Å². The number of rotatable bonds is 5. The van der Waals surface area contributed by atoms with Crippen LogP contribution in [-0.4, -0.2) is 34.2 Å². The summed E-state index contributed by atoms with van der Waals surface area (Å²) < 4.78 is 41.2. The van der Waals surface area contributed by atoms with Crippen LogP contribution in [0.3, 0.4) is 0 Å². The van der Waals surface area contributed by atoms with Gasteiger partial charge in [0, 0.05) is 29.1 Å². The number of amides is 1. The second-order valence-electron chi connectivity index (χ2n) is 7.61. The Kier molecular flexibility index (Phi) is 8.57. The average molecular weight is 412 g/mol. The number of nitrogens with two attached hydrogens (primary N) is 1. The maximum atomic E-state index is 12.2. The molecule has 0 saturated carbocycles. The lowest BCUT2D eigenvalue weighted by Gasteiger charge is -2.11. The van der Waals surface area contributed by atoms with Crippen molar-refractivity contribution in [3.05, 3.63) is 53.0 Å². The molecule has 0 bridgehead atoms. The van der Waals surface area contributed by atoms with Gasteiger partial charge in [0.05, 0.1) is 12.2 Å². The number of nitrogens with one attached hydrogen (secondary N) is 1. The summed E-state index contributed by atoms with van der Waals surface area (Å²) >= 11 is 0. The Morgan fingerprint density at radius 1 is 1.17 bits per heavy atom. The van der Waals surface area contributed by atoms with Gasteiger partial charge < -0.3 is 15.8 Å². The summed E-state index contributed by atoms with van der Waals surface area (Å²) in [7, 11) is 0. The van der Waals surface area contributed by atoms with E-state index in [4.69, 9.17) is 5.73 Å². The highest BCUT2D eigenvalue weighted by Crippen LogP contribution is 2.18. The Balaban J connectivity index is 0.000000749. The third-order valence-electron chi connectivity index (χ3n) is 2.97. The summed E-state index contributed by atoms with van der Waals surface area (Å²) in [5, 5.41) is 2.66. The van der Waals surface area contributed by atoms with Crippen molar-refractivity contribution in [2.75, 3.05) is 6.61 Å². The number of hydrogen-bond donors (Lipinski definition) is 2. The van der Waals surface area contributed by atoms with Crippen molar-refractivity contribution in [3.8, 4) is 5.88 Å². The third-order valence-corrected chi connectivity index (χ3v) is 2.97. The topological polar surface area (TPSA) is 90.1 Å². The number of halogens is 3. The molecule has 2 aromatic heterocycles. The molecule has 0 spiro atoms. The number of hydrogen-bond acceptors (Lipinski definition) is 5. The molecule has 0 aliphatic rings. The molecule has 160 valence electrons. The Labute approximate surface area is 168 Å². The minimum absolute atomic E-state index is 0. The zero-order valence-electron chi connectivity index (χ0n) is 17.2. The van der Waals surface area contributed by atoms with Crippen molar-refractivity contribution in [2.24, 2.45) is 5.73 Å². The van der Waals surface area contributed by atoms with Gasteiger partial charge in [0.2, 0.25) is 5.88 Å². The molecule has 0 saturated heterocycles. The molecule has 6 nitrogen and oxygen atoms in total. The number of alkyl halides is 3. The highest BCUT2D eigenvalue weighted by atomic mass is 19.4. The number of carbonyl (C=O) groups excluding carboxylic acids is 1. The Morgan fingerprint density at radius 2 is 1.79 bits per heavy atom. The molecule has 0 radical (unpaired) electrons. The molecule has 2 rings (SSSR count). The van der Waals surface area contributed by atoms with Crippen LogP contribution in [0.5, 0.6) is 5.88 Å². The SMILES string of the molecule is CC(C)(C)N.Cc1cc(CNC(=O)c2ccnc(C)c2)nc(OCC(F)(F)F)c1. The van der Waals surface area contributed by atoms with Crippen LogP contribution in [0.1, 0.15) is 48.1 Å². The van der Waals surface area contributed by atoms with Gasteiger partial charge in [0.25, 0.3) is 5.91 Å². The van der Waals surface area contributed by atoms with Crippen LogP contribution in [0.2, 0.25) is 0 Å². The third kappa shape index (κ3) is 11.7. The fourth-order valence-electron chi connectivity index (χ4n) is 1.99. The maximum Gasteiger partial charge on any atom is 0.422 e. The van der Waals surface area contributed by atoms with E-state index in [-0.39, 0.29) is 23.9 Å². The Hall–Kier alpha value is -2.68. The summed E-state index contributed by atoms with van der Waals surface area (Å²) in [6.45, 7) is 8.03. The molecular formula is C20H27F3N4O2. The number of carbonyl (C=O) groups is 1. The van der Waals surface area contributed by atoms with Gasteiger partial charge >= 0.3 is 6.18 Å². The largest absolute Gasteiger partial charge is 0.468 e. The molecule has 29 heavy (non-hydrogen) atoms. The van der Waals surface area contributed by atoms with Crippen molar-refractivity contribution >= 4 is 5.91 Å². The van der Waals surface area contributed by atoms with E-state index in [0.717, 1.165) is 0 Å². The van der Waals surface area contributed by atoms with Crippen molar-refractivity contribution in [2.45, 2.75) is 52.9 Å². The Bertz CT molecular complexity index is 812. The normalized spacial score (nSPS) is 11.3. The summed E-state index contributed by atoms with van der Waals surface area (Å²) in [6, 6.07) is 6.28. The fourth-order valence-corrected chi connectivity index (χ4v) is 1.99. The lowest BCUT2D eigenvalue weighted by molar-refractivity contribution is -0.154. The molecule has 1 amide bonds. The van der Waals surface area contributed by atoms with E-state index in [1.165, 1.54) is 12.3 Å². The standard InChI is InChI=1S/C16H16F3N3O2.C4H11N/c1-10-5-13(22-14(6-10)24-9-16(17,18)19)8-21-15(23)12-3-4-20-11(2)7-12;1-4(2,3)5/h3-7H,8-9H2,1-2H3,(H,21,23);5H2,1-3H3. The first-order valence-corrected chi connectivity index (χ1v) is 8.90. The summed E-state index contributed by atoms with van der Waals surface area (Å²) in [5.74, 6) is -0.446. The van der Waals surface area contributed by atoms with Crippen LogP contribution < -0.4 is 15.8 Å². The first kappa shape index (κ1) is 24.4. The van der Waals surface area contributed by atoms with Crippen LogP contribution in [0.25, 0.3) is 0 Å². The first-order valence-electron chi connectivity index (χ1n) is 8.90. The summed E-state index contributed by atoms with van der Waals surface area (Å²) in [6.07, 6.45) is -2.91. The van der Waals surface area contributed by atoms with E-state index in [1.807, 2.05) is 20.8 Å². The lowest BCUT2D eigenvalue weighted by atomic mass is 10.1. The van der Waals surface area contributed by atoms with Gasteiger partial charge in [-0.05, 0) is 58.4 Å². The second kappa shape index (κ2) is 10.2. The van der Waals surface area contributed by atoms with E-state index >= 15 is 0 Å². The number of nitrogens with zero attached hydrogens (tertiary/aromatic N) is 2. The van der Waals surface area contributed by atoms with Crippen molar-refractivity contribution in [3.63, 3.8) is 0 Å². The summed E-state index contributed by atoms with van der Waals surface area (Å²) in [4.78, 5) is 20.0. The predicted molar refractivity (Wildman–Crippen MR) is 105 cm³/mol. The second-order valence-corrected chi connectivity index (χ2v) is 7.61. The van der Waals surface area contributed by atoms with Gasteiger partial charge in [-0.3, -0.25) is 9.78 Å². The van der Waals surface area contributed by atoms with Crippen LogP contribution in [0.4, 0.5) is 13.2 Å². The minimum atomic E-state index is -4.43. The first-order chi connectivity index (χ1) is 13.2. The number of pyridine rings is 2. The summed E-state index contributed by atoms with van der Waals surface area (Å²) in [5.41, 5.74) is 7.60. The molecule has 2 aromatic rings. The number of aromatic nitrogens is 2. The number of ether oxygens (including phenoxy) is 1. The van der Waals surface area contributed by atoms with Gasteiger partial charge in [0.15, 0.2) is 6.61 Å². The lowest BCUT2D eigenvalue weighted by Crippen LogP contribution is -2.26. The van der Waals surface area contributed by atoms with E-state index < -0.39 is 12.8 Å². The quantitative estimate of drug-likeness (QED) is 0.781. The van der Waals surface area contributed by atoms with Crippen molar-refractivity contribution in [1.82, 2.24) is 15.3 Å². The number of aryl methyl sites for hydroxylation is 2. The Morgan fingerprint density at radius 3 is 2.34 bits per heavy atom. The molecular weight excluding hydrogens is 385 g/mol. The highest BCUT2D eigenvalue weighted by Gasteiger charge is 2.28. The van der Waals surface area contributed by atoms with E-state index in [0.29, 0.717) is 22.5 Å². The van der Waals surface area contributed by atoms with Gasteiger partial charge in [-0.2, -0.15) is 13.2 Å². The van der Waals surface area contributed by atoms with Gasteiger partial charge in [-0.15, -0.1) is 0 Å². The molecule has 0 unspecified atom stereocenters. The van der Waals surface area contributed by atoms with Gasteiger partial charge in [0.1, 0.15) is 0 Å². The fraction of sp³-hybridized carbons (Fsp3) is 0.450. The van der Waals surface area contributed by atoms with Crippen LogP contribution in [-0.2, 0) is 6.54 Å². The molecule has 0 fully saturated rings. The monoisotopic (exact) mass is 412 g/mol. The van der Waals surface area contributed by atoms with Crippen LogP contribution >= 0.6 is 0 Å². The van der Waals surface area contributed by atoms with Gasteiger partial charge in [-0.25, -0.2) is 4.98 Å². The van der Waals surface area contributed by atoms with Crippen molar-refractivity contribution < 1.29 is 22.7 Å². The molecule has 0 aliphatic carbocycles. The molecule has 0 aliphatic heterocycles. The minimum Gasteiger partial charge on any atom is -0.468 e. The highest BCUT2D eigenvalue weighted by molar-refractivity contribution is 5.94. The molecule has 0 atom stereocenters. The van der Waals surface area contributed by atoms with E-state index in [1.54, 1.807) is 32.0 Å². The maximum absolute atomic E-state index is 12.2. The molecule has 2 heterocycles. The van der Waals surface area contributed by atoms with Gasteiger partial charge in [-0.1, -0.05) is 0 Å². The van der Waals surface area contributed by atoms with E-state index in [9.17, 15) is 18.0 Å². The van der Waals surface area contributed by atoms with Crippen molar-refractivity contribution in [1.29, 1.82) is 0 Å². The zero-order valence-corrected chi connectivity index (χ0v) is 17.2. The average Bonchev–Trinajstić information content (AvgIpc) is 2.55. The molecule has 0 aromatic carbocycles. The molecule has 9 heteroatoms. The van der Waals surface area contributed by atoms with Crippen LogP contribution in [0, 0.1) is 13.8 Å². The predicted octanol–water partition coefficient (Wildman–Crippen LogP) is 3.71. The smallest absolute Gasteiger partial charge is 0.422 e. The molecule has 3 N–H and O–H groups in total. The zero-order chi connectivity index (χ0) is 22.2.